The molecule has 8 rings (SSSR count). The van der Waals surface area contributed by atoms with E-state index in [1.54, 1.807) is 33.9 Å². The second-order valence-electron chi connectivity index (χ2n) is 9.14. The van der Waals surface area contributed by atoms with Crippen LogP contribution < -0.4 is 4.74 Å². The van der Waals surface area contributed by atoms with Crippen LogP contribution in [0.4, 0.5) is 0 Å². The molecule has 0 spiro atoms. The second kappa shape index (κ2) is 8.65. The fourth-order valence-corrected chi connectivity index (χ4v) is 7.14. The van der Waals surface area contributed by atoms with E-state index in [0.717, 1.165) is 49.2 Å². The third-order valence-corrected chi connectivity index (χ3v) is 9.05. The van der Waals surface area contributed by atoms with E-state index in [-0.39, 0.29) is 5.92 Å². The van der Waals surface area contributed by atoms with Crippen molar-refractivity contribution in [3.63, 3.8) is 0 Å². The molecule has 0 aliphatic carbocycles. The summed E-state index contributed by atoms with van der Waals surface area (Å²) >= 11 is 3.35. The molecule has 0 bridgehead atoms. The first-order valence-electron chi connectivity index (χ1n) is 12.3. The molecule has 0 amide bonds. The van der Waals surface area contributed by atoms with Gasteiger partial charge in [-0.05, 0) is 34.5 Å². The zero-order chi connectivity index (χ0) is 25.1. The van der Waals surface area contributed by atoms with Gasteiger partial charge in [0.05, 0.1) is 21.5 Å². The first-order valence-corrected chi connectivity index (χ1v) is 14.1. The van der Waals surface area contributed by atoms with Gasteiger partial charge in [-0.1, -0.05) is 84.6 Å². The number of hydrogen-bond acceptors (Lipinski definition) is 7. The van der Waals surface area contributed by atoms with Gasteiger partial charge in [-0.15, -0.1) is 16.4 Å². The Morgan fingerprint density at radius 3 is 2.61 bits per heavy atom. The molecule has 0 N–H and O–H groups in total. The third-order valence-electron chi connectivity index (χ3n) is 6.88. The predicted octanol–water partition coefficient (Wildman–Crippen LogP) is 7.47. The zero-order valence-electron chi connectivity index (χ0n) is 20.0. The summed E-state index contributed by atoms with van der Waals surface area (Å²) < 4.78 is 10.4. The third kappa shape index (κ3) is 3.48. The maximum atomic E-state index is 6.41. The highest BCUT2D eigenvalue weighted by Crippen LogP contribution is 2.50. The van der Waals surface area contributed by atoms with Crippen molar-refractivity contribution in [1.82, 2.24) is 24.6 Å². The lowest BCUT2D eigenvalue weighted by Crippen LogP contribution is -2.15. The number of aromatic nitrogens is 5. The molecule has 7 aromatic rings. The van der Waals surface area contributed by atoms with Crippen LogP contribution in [0.1, 0.15) is 28.4 Å². The molecule has 6 nitrogen and oxygen atoms in total. The summed E-state index contributed by atoms with van der Waals surface area (Å²) in [4.78, 5) is 14.4. The lowest BCUT2D eigenvalue weighted by Gasteiger charge is -2.29. The second-order valence-corrected chi connectivity index (χ2v) is 11.4. The molecular weight excluding hydrogens is 510 g/mol. The number of rotatable bonds is 4. The predicted molar refractivity (Wildman–Crippen MR) is 151 cm³/mol. The molecule has 0 radical (unpaired) electrons. The van der Waals surface area contributed by atoms with Crippen LogP contribution in [0.25, 0.3) is 26.6 Å². The number of thiazole rings is 1. The number of nitrogens with zero attached hydrogens (tertiary/aromatic N) is 5. The fraction of sp³-hybridized carbons (Fsp3) is 0.0667. The lowest BCUT2D eigenvalue weighted by molar-refractivity contribution is 0.433. The maximum absolute atomic E-state index is 6.41. The van der Waals surface area contributed by atoms with Gasteiger partial charge in [-0.3, -0.25) is 0 Å². The van der Waals surface area contributed by atoms with Crippen molar-refractivity contribution in [1.29, 1.82) is 0 Å². The van der Waals surface area contributed by atoms with Gasteiger partial charge in [0, 0.05) is 11.5 Å². The molecule has 0 fully saturated rings. The van der Waals surface area contributed by atoms with E-state index in [4.69, 9.17) is 19.8 Å². The van der Waals surface area contributed by atoms with E-state index < -0.39 is 0 Å². The highest BCUT2D eigenvalue weighted by atomic mass is 32.2. The van der Waals surface area contributed by atoms with Crippen molar-refractivity contribution in [3.8, 4) is 11.6 Å². The van der Waals surface area contributed by atoms with Gasteiger partial charge in [0.15, 0.2) is 15.8 Å². The number of benzene rings is 4. The Bertz CT molecular complexity index is 1950. The van der Waals surface area contributed by atoms with Crippen molar-refractivity contribution in [2.75, 3.05) is 0 Å². The minimum Gasteiger partial charge on any atom is -0.438 e. The topological polar surface area (TPSA) is 65.2 Å². The van der Waals surface area contributed by atoms with E-state index >= 15 is 0 Å². The van der Waals surface area contributed by atoms with Crippen LogP contribution in [0, 0.1) is 0 Å². The summed E-state index contributed by atoms with van der Waals surface area (Å²) in [6.07, 6.45) is 1.70. The Morgan fingerprint density at radius 1 is 0.842 bits per heavy atom. The molecule has 38 heavy (non-hydrogen) atoms. The molecule has 1 atom stereocenters. The van der Waals surface area contributed by atoms with Crippen molar-refractivity contribution in [2.45, 2.75) is 16.0 Å². The largest absolute Gasteiger partial charge is 0.438 e. The van der Waals surface area contributed by atoms with Crippen LogP contribution in [0.2, 0.25) is 0 Å². The maximum Gasteiger partial charge on any atom is 0.228 e. The summed E-state index contributed by atoms with van der Waals surface area (Å²) in [6, 6.07) is 31.3. The fourth-order valence-electron chi connectivity index (χ4n) is 5.23. The molecule has 3 aromatic heterocycles. The Kier molecular flexibility index (Phi) is 4.96. The number of ether oxygens (including phenoxy) is 1. The molecule has 4 heterocycles. The molecule has 182 valence electrons. The molecule has 1 aliphatic rings. The van der Waals surface area contributed by atoms with Gasteiger partial charge in [0.1, 0.15) is 12.1 Å². The van der Waals surface area contributed by atoms with Gasteiger partial charge >= 0.3 is 0 Å². The van der Waals surface area contributed by atoms with Crippen molar-refractivity contribution >= 4 is 49.7 Å². The molecule has 1 aliphatic heterocycles. The van der Waals surface area contributed by atoms with Gasteiger partial charge in [0.25, 0.3) is 0 Å². The number of thioether (sulfide) groups is 1. The van der Waals surface area contributed by atoms with Crippen LogP contribution >= 0.6 is 23.1 Å². The number of para-hydroxylation sites is 1. The highest BCUT2D eigenvalue weighted by Gasteiger charge is 2.34. The number of hydrogen-bond donors (Lipinski definition) is 0. The molecule has 0 unspecified atom stereocenters. The minimum atomic E-state index is -0.0915. The van der Waals surface area contributed by atoms with E-state index in [1.165, 1.54) is 10.1 Å². The normalized spacial score (nSPS) is 14.5. The Balaban J connectivity index is 1.26. The highest BCUT2D eigenvalue weighted by molar-refractivity contribution is 8.00. The first kappa shape index (κ1) is 21.8. The molecular formula is C30H19N5OS2. The standard InChI is InChI=1S/C30H19N5OS2/c1-2-9-19(10-3-1)25-26-20-11-5-4-8-18(20)14-15-22(26)36-29-27(25)28-33-24(34-35(28)17-31-29)16-37-30-32-21-12-6-7-13-23(21)38-30/h1-15,17,25H,16H2/t25-/m0/s1. The van der Waals surface area contributed by atoms with Gasteiger partial charge in [-0.2, -0.15) is 0 Å². The summed E-state index contributed by atoms with van der Waals surface area (Å²) in [6.45, 7) is 0. The van der Waals surface area contributed by atoms with E-state index in [2.05, 4.69) is 65.6 Å². The molecule has 8 heteroatoms. The van der Waals surface area contributed by atoms with Gasteiger partial charge < -0.3 is 4.74 Å². The molecule has 0 saturated heterocycles. The van der Waals surface area contributed by atoms with Gasteiger partial charge in [0.2, 0.25) is 5.88 Å². The van der Waals surface area contributed by atoms with E-state index in [1.807, 2.05) is 30.3 Å². The molecule has 4 aromatic carbocycles. The first-order chi connectivity index (χ1) is 18.8. The Hall–Kier alpha value is -4.27. The quantitative estimate of drug-likeness (QED) is 0.220. The lowest BCUT2D eigenvalue weighted by atomic mass is 9.81. The van der Waals surface area contributed by atoms with Crippen molar-refractivity contribution in [2.24, 2.45) is 0 Å². The Labute approximate surface area is 226 Å². The summed E-state index contributed by atoms with van der Waals surface area (Å²) in [5, 5.41) is 7.12. The van der Waals surface area contributed by atoms with E-state index in [9.17, 15) is 0 Å². The van der Waals surface area contributed by atoms with Gasteiger partial charge in [-0.25, -0.2) is 19.5 Å². The van der Waals surface area contributed by atoms with Crippen LogP contribution in [0.15, 0.2) is 102 Å². The van der Waals surface area contributed by atoms with Crippen LogP contribution in [-0.4, -0.2) is 24.6 Å². The number of fused-ring (bicyclic) bond motifs is 7. The average molecular weight is 530 g/mol. The minimum absolute atomic E-state index is 0.0915. The Morgan fingerprint density at radius 2 is 1.68 bits per heavy atom. The molecule has 0 saturated carbocycles. The zero-order valence-corrected chi connectivity index (χ0v) is 21.6. The summed E-state index contributed by atoms with van der Waals surface area (Å²) in [5.74, 6) is 2.67. The summed E-state index contributed by atoms with van der Waals surface area (Å²) in [5.41, 5.74) is 5.02. The smallest absolute Gasteiger partial charge is 0.228 e. The average Bonchev–Trinajstić information content (AvgIpc) is 3.59. The SMILES string of the molecule is c1ccc([C@H]2c3c(ccc4ccccc34)Oc3ncn4nc(CSc5nc6ccccc6s5)nc4c32)cc1. The van der Waals surface area contributed by atoms with Crippen LogP contribution in [-0.2, 0) is 5.75 Å². The van der Waals surface area contributed by atoms with Crippen LogP contribution in [0.5, 0.6) is 11.6 Å². The van der Waals surface area contributed by atoms with E-state index in [0.29, 0.717) is 11.6 Å². The summed E-state index contributed by atoms with van der Waals surface area (Å²) in [7, 11) is 0. The van der Waals surface area contributed by atoms with Crippen LogP contribution in [0.3, 0.4) is 0 Å². The monoisotopic (exact) mass is 529 g/mol. The van der Waals surface area contributed by atoms with Crippen molar-refractivity contribution in [3.05, 3.63) is 120 Å². The van der Waals surface area contributed by atoms with Crippen molar-refractivity contribution < 1.29 is 4.74 Å².